The van der Waals surface area contributed by atoms with Crippen molar-refractivity contribution in [3.63, 3.8) is 0 Å². The Morgan fingerprint density at radius 2 is 1.09 bits per heavy atom. The molecule has 0 saturated carbocycles. The van der Waals surface area contributed by atoms with Crippen LogP contribution in [0.4, 0.5) is 0 Å². The monoisotopic (exact) mass is 320 g/mol. The number of ether oxygens (including phenoxy) is 2. The van der Waals surface area contributed by atoms with E-state index in [0.717, 1.165) is 17.9 Å². The van der Waals surface area contributed by atoms with E-state index >= 15 is 0 Å². The largest absolute Gasteiger partial charge is 0.496 e. The molecule has 0 bridgehead atoms. The zero-order chi connectivity index (χ0) is 16.8. The Kier molecular flexibility index (Phi) is 11.5. The molecular weight excluding hydrogens is 284 g/mol. The number of hydrogen-bond acceptors (Lipinski definition) is 2. The van der Waals surface area contributed by atoms with Gasteiger partial charge in [-0.25, -0.2) is 0 Å². The highest BCUT2D eigenvalue weighted by atomic mass is 16.5. The van der Waals surface area contributed by atoms with Gasteiger partial charge < -0.3 is 9.47 Å². The van der Waals surface area contributed by atoms with Crippen molar-refractivity contribution < 1.29 is 9.47 Å². The van der Waals surface area contributed by atoms with Crippen LogP contribution in [0.5, 0.6) is 11.5 Å². The molecule has 2 nitrogen and oxygen atoms in total. The molecule has 0 unspecified atom stereocenters. The van der Waals surface area contributed by atoms with Crippen LogP contribution >= 0.6 is 0 Å². The van der Waals surface area contributed by atoms with Crippen molar-refractivity contribution in [1.82, 2.24) is 0 Å². The lowest BCUT2D eigenvalue weighted by Crippen LogP contribution is -1.97. The predicted molar refractivity (Wildman–Crippen MR) is 99.7 cm³/mol. The molecule has 132 valence electrons. The van der Waals surface area contributed by atoms with Crippen molar-refractivity contribution in [1.29, 1.82) is 0 Å². The molecule has 0 heterocycles. The zero-order valence-electron chi connectivity index (χ0n) is 15.5. The van der Waals surface area contributed by atoms with Gasteiger partial charge in [-0.05, 0) is 25.0 Å². The van der Waals surface area contributed by atoms with Gasteiger partial charge in [0.15, 0.2) is 0 Å². The number of rotatable bonds is 14. The van der Waals surface area contributed by atoms with Crippen LogP contribution in [0.25, 0.3) is 0 Å². The first-order valence-corrected chi connectivity index (χ1v) is 9.53. The summed E-state index contributed by atoms with van der Waals surface area (Å²) in [5, 5.41) is 0. The second-order valence-electron chi connectivity index (χ2n) is 6.43. The lowest BCUT2D eigenvalue weighted by atomic mass is 10.0. The minimum Gasteiger partial charge on any atom is -0.496 e. The van der Waals surface area contributed by atoms with E-state index in [1.54, 1.807) is 14.2 Å². The Balaban J connectivity index is 2.09. The number of unbranched alkanes of at least 4 members (excludes halogenated alkanes) is 10. The molecule has 0 aliphatic rings. The first-order chi connectivity index (χ1) is 11.3. The zero-order valence-corrected chi connectivity index (χ0v) is 15.5. The quantitative estimate of drug-likeness (QED) is 0.361. The predicted octanol–water partition coefficient (Wildman–Crippen LogP) is 6.56. The molecule has 0 saturated heterocycles. The molecule has 0 aromatic heterocycles. The Hall–Kier alpha value is -1.18. The molecule has 0 fully saturated rings. The van der Waals surface area contributed by atoms with Gasteiger partial charge in [-0.3, -0.25) is 0 Å². The van der Waals surface area contributed by atoms with Crippen molar-refractivity contribution in [3.05, 3.63) is 23.8 Å². The summed E-state index contributed by atoms with van der Waals surface area (Å²) in [6.45, 7) is 2.28. The number of benzene rings is 1. The van der Waals surface area contributed by atoms with Gasteiger partial charge in [0, 0.05) is 5.56 Å². The molecule has 1 rings (SSSR count). The Morgan fingerprint density at radius 3 is 1.52 bits per heavy atom. The molecule has 1 aromatic carbocycles. The van der Waals surface area contributed by atoms with E-state index in [2.05, 4.69) is 6.92 Å². The van der Waals surface area contributed by atoms with Gasteiger partial charge >= 0.3 is 0 Å². The van der Waals surface area contributed by atoms with Crippen LogP contribution in [0.1, 0.15) is 83.1 Å². The van der Waals surface area contributed by atoms with Crippen molar-refractivity contribution in [2.75, 3.05) is 14.2 Å². The van der Waals surface area contributed by atoms with Crippen LogP contribution in [-0.4, -0.2) is 14.2 Å². The third-order valence-corrected chi connectivity index (χ3v) is 4.56. The SMILES string of the molecule is CCCCCCCCCCCCCc1c(OC)cccc1OC. The molecule has 0 aliphatic carbocycles. The third kappa shape index (κ3) is 8.29. The molecule has 1 aromatic rings. The van der Waals surface area contributed by atoms with E-state index in [1.807, 2.05) is 18.2 Å². The van der Waals surface area contributed by atoms with Crippen LogP contribution in [0.3, 0.4) is 0 Å². The van der Waals surface area contributed by atoms with Crippen LogP contribution < -0.4 is 9.47 Å². The first kappa shape index (κ1) is 19.9. The van der Waals surface area contributed by atoms with Crippen LogP contribution in [0, 0.1) is 0 Å². The Morgan fingerprint density at radius 1 is 0.652 bits per heavy atom. The summed E-state index contributed by atoms with van der Waals surface area (Å²) in [7, 11) is 3.47. The summed E-state index contributed by atoms with van der Waals surface area (Å²) < 4.78 is 10.9. The number of methoxy groups -OCH3 is 2. The van der Waals surface area contributed by atoms with Gasteiger partial charge in [0.05, 0.1) is 14.2 Å². The fraction of sp³-hybridized carbons (Fsp3) is 0.714. The summed E-state index contributed by atoms with van der Waals surface area (Å²) >= 11 is 0. The minimum atomic E-state index is 0.955. The molecule has 0 N–H and O–H groups in total. The van der Waals surface area contributed by atoms with Gasteiger partial charge in [0.25, 0.3) is 0 Å². The van der Waals surface area contributed by atoms with Crippen LogP contribution in [0.2, 0.25) is 0 Å². The van der Waals surface area contributed by atoms with E-state index in [9.17, 15) is 0 Å². The van der Waals surface area contributed by atoms with Crippen molar-refractivity contribution in [3.8, 4) is 11.5 Å². The summed E-state index contributed by atoms with van der Waals surface area (Å²) in [5.41, 5.74) is 1.22. The highest BCUT2D eigenvalue weighted by Crippen LogP contribution is 2.29. The molecule has 0 spiro atoms. The smallest absolute Gasteiger partial charge is 0.125 e. The fourth-order valence-electron chi connectivity index (χ4n) is 3.14. The molecule has 23 heavy (non-hydrogen) atoms. The van der Waals surface area contributed by atoms with Gasteiger partial charge in [0.2, 0.25) is 0 Å². The normalized spacial score (nSPS) is 10.7. The van der Waals surface area contributed by atoms with E-state index in [1.165, 1.54) is 76.2 Å². The average Bonchev–Trinajstić information content (AvgIpc) is 2.59. The maximum absolute atomic E-state index is 5.46. The van der Waals surface area contributed by atoms with E-state index in [-0.39, 0.29) is 0 Å². The van der Waals surface area contributed by atoms with Gasteiger partial charge in [-0.2, -0.15) is 0 Å². The molecular formula is C21H36O2. The summed E-state index contributed by atoms with van der Waals surface area (Å²) in [6.07, 6.45) is 16.2. The topological polar surface area (TPSA) is 18.5 Å². The second-order valence-corrected chi connectivity index (χ2v) is 6.43. The molecule has 0 aliphatic heterocycles. The number of hydrogen-bond donors (Lipinski definition) is 0. The van der Waals surface area contributed by atoms with Crippen LogP contribution in [-0.2, 0) is 6.42 Å². The second kappa shape index (κ2) is 13.3. The highest BCUT2D eigenvalue weighted by Gasteiger charge is 2.08. The summed E-state index contributed by atoms with van der Waals surface area (Å²) in [5.74, 6) is 1.91. The maximum Gasteiger partial charge on any atom is 0.125 e. The highest BCUT2D eigenvalue weighted by molar-refractivity contribution is 5.44. The van der Waals surface area contributed by atoms with Gasteiger partial charge in [-0.1, -0.05) is 77.2 Å². The lowest BCUT2D eigenvalue weighted by Gasteiger charge is -2.12. The van der Waals surface area contributed by atoms with E-state index < -0.39 is 0 Å². The standard InChI is InChI=1S/C21H36O2/c1-4-5-6-7-8-9-10-11-12-13-14-16-19-20(22-2)17-15-18-21(19)23-3/h15,17-18H,4-14,16H2,1-3H3. The van der Waals surface area contributed by atoms with E-state index in [0.29, 0.717) is 0 Å². The van der Waals surface area contributed by atoms with E-state index in [4.69, 9.17) is 9.47 Å². The molecule has 0 amide bonds. The Bertz CT molecular complexity index is 379. The van der Waals surface area contributed by atoms with Crippen LogP contribution in [0.15, 0.2) is 18.2 Å². The third-order valence-electron chi connectivity index (χ3n) is 4.56. The van der Waals surface area contributed by atoms with Gasteiger partial charge in [0.1, 0.15) is 11.5 Å². The van der Waals surface area contributed by atoms with Gasteiger partial charge in [-0.15, -0.1) is 0 Å². The maximum atomic E-state index is 5.46. The van der Waals surface area contributed by atoms with Crippen molar-refractivity contribution >= 4 is 0 Å². The van der Waals surface area contributed by atoms with Crippen molar-refractivity contribution in [2.45, 2.75) is 84.0 Å². The molecule has 0 radical (unpaired) electrons. The summed E-state index contributed by atoms with van der Waals surface area (Å²) in [4.78, 5) is 0. The summed E-state index contributed by atoms with van der Waals surface area (Å²) in [6, 6.07) is 6.04. The lowest BCUT2D eigenvalue weighted by molar-refractivity contribution is 0.384. The molecule has 0 atom stereocenters. The van der Waals surface area contributed by atoms with Crippen molar-refractivity contribution in [2.24, 2.45) is 0 Å². The fourth-order valence-corrected chi connectivity index (χ4v) is 3.14. The molecule has 2 heteroatoms. The minimum absolute atomic E-state index is 0.955. The first-order valence-electron chi connectivity index (χ1n) is 9.53. The Labute approximate surface area is 143 Å². The average molecular weight is 321 g/mol.